The van der Waals surface area contributed by atoms with Crippen molar-refractivity contribution in [3.8, 4) is 5.75 Å². The lowest BCUT2D eigenvalue weighted by Gasteiger charge is -2.43. The van der Waals surface area contributed by atoms with Gasteiger partial charge in [-0.15, -0.1) is 0 Å². The van der Waals surface area contributed by atoms with E-state index in [1.54, 1.807) is 11.8 Å². The number of ether oxygens (including phenoxy) is 1. The van der Waals surface area contributed by atoms with E-state index in [0.717, 1.165) is 6.42 Å². The van der Waals surface area contributed by atoms with Gasteiger partial charge in [-0.05, 0) is 31.0 Å². The fraction of sp³-hybridized carbons (Fsp3) is 0.500. The number of carbonyl (C=O) groups is 1. The zero-order valence-electron chi connectivity index (χ0n) is 10.8. The molecule has 0 saturated carbocycles. The molecule has 0 aromatic heterocycles. The minimum atomic E-state index is -0.724. The smallest absolute Gasteiger partial charge is 0.260 e. The van der Waals surface area contributed by atoms with Gasteiger partial charge >= 0.3 is 0 Å². The average Bonchev–Trinajstić information content (AvgIpc) is 2.33. The maximum atomic E-state index is 11.7. The molecule has 1 aliphatic rings. The van der Waals surface area contributed by atoms with Gasteiger partial charge in [-0.2, -0.15) is 0 Å². The van der Waals surface area contributed by atoms with Crippen LogP contribution in [0, 0.1) is 0 Å². The minimum Gasteiger partial charge on any atom is -0.484 e. The molecule has 98 valence electrons. The Balaban J connectivity index is 1.79. The Bertz CT molecular complexity index is 417. The molecule has 1 aliphatic heterocycles. The van der Waals surface area contributed by atoms with E-state index in [2.05, 4.69) is 6.92 Å². The maximum Gasteiger partial charge on any atom is 0.260 e. The van der Waals surface area contributed by atoms with Crippen molar-refractivity contribution in [2.45, 2.75) is 25.9 Å². The highest BCUT2D eigenvalue weighted by Crippen LogP contribution is 2.20. The first-order valence-corrected chi connectivity index (χ1v) is 6.22. The Morgan fingerprint density at radius 1 is 1.39 bits per heavy atom. The fourth-order valence-corrected chi connectivity index (χ4v) is 2.01. The van der Waals surface area contributed by atoms with Crippen LogP contribution in [0.1, 0.15) is 19.4 Å². The number of aliphatic hydroxyl groups is 1. The van der Waals surface area contributed by atoms with Gasteiger partial charge in [0.1, 0.15) is 5.75 Å². The van der Waals surface area contributed by atoms with Crippen molar-refractivity contribution in [1.29, 1.82) is 0 Å². The van der Waals surface area contributed by atoms with E-state index in [1.807, 2.05) is 24.3 Å². The first-order chi connectivity index (χ1) is 8.50. The van der Waals surface area contributed by atoms with Gasteiger partial charge < -0.3 is 14.7 Å². The van der Waals surface area contributed by atoms with Crippen LogP contribution < -0.4 is 4.74 Å². The molecule has 0 bridgehead atoms. The quantitative estimate of drug-likeness (QED) is 0.873. The summed E-state index contributed by atoms with van der Waals surface area (Å²) in [6.45, 7) is 4.63. The summed E-state index contributed by atoms with van der Waals surface area (Å²) in [4.78, 5) is 13.3. The summed E-state index contributed by atoms with van der Waals surface area (Å²) in [6.07, 6.45) is 0.988. The number of amides is 1. The molecule has 1 saturated heterocycles. The molecule has 1 amide bonds. The van der Waals surface area contributed by atoms with Gasteiger partial charge in [0.2, 0.25) is 0 Å². The number of hydrogen-bond acceptors (Lipinski definition) is 3. The summed E-state index contributed by atoms with van der Waals surface area (Å²) in [7, 11) is 0. The first kappa shape index (κ1) is 12.9. The van der Waals surface area contributed by atoms with Crippen LogP contribution in [0.25, 0.3) is 0 Å². The van der Waals surface area contributed by atoms with Crippen molar-refractivity contribution in [2.75, 3.05) is 19.7 Å². The van der Waals surface area contributed by atoms with Crippen molar-refractivity contribution >= 4 is 5.91 Å². The average molecular weight is 249 g/mol. The Hall–Kier alpha value is -1.55. The predicted molar refractivity (Wildman–Crippen MR) is 68.5 cm³/mol. The molecule has 1 heterocycles. The molecule has 18 heavy (non-hydrogen) atoms. The zero-order valence-corrected chi connectivity index (χ0v) is 10.8. The molecule has 1 aromatic rings. The summed E-state index contributed by atoms with van der Waals surface area (Å²) < 4.78 is 5.42. The zero-order chi connectivity index (χ0) is 13.2. The Kier molecular flexibility index (Phi) is 3.57. The number of nitrogens with zero attached hydrogens (tertiary/aromatic N) is 1. The molecule has 1 aromatic carbocycles. The lowest BCUT2D eigenvalue weighted by atomic mass is 9.97. The number of rotatable bonds is 4. The highest BCUT2D eigenvalue weighted by molar-refractivity contribution is 5.78. The molecule has 0 unspecified atom stereocenters. The van der Waals surface area contributed by atoms with Crippen molar-refractivity contribution < 1.29 is 14.6 Å². The van der Waals surface area contributed by atoms with Gasteiger partial charge in [-0.1, -0.05) is 19.1 Å². The van der Waals surface area contributed by atoms with Crippen molar-refractivity contribution in [3.05, 3.63) is 29.8 Å². The van der Waals surface area contributed by atoms with E-state index in [9.17, 15) is 9.90 Å². The Morgan fingerprint density at radius 3 is 2.50 bits per heavy atom. The van der Waals surface area contributed by atoms with E-state index in [4.69, 9.17) is 4.74 Å². The van der Waals surface area contributed by atoms with Gasteiger partial charge in [-0.3, -0.25) is 4.79 Å². The van der Waals surface area contributed by atoms with Gasteiger partial charge in [0.15, 0.2) is 6.61 Å². The predicted octanol–water partition coefficient (Wildman–Crippen LogP) is 1.22. The standard InChI is InChI=1S/C14H19NO3/c1-3-11-4-6-12(7-5-11)18-8-13(16)15-9-14(2,17)10-15/h4-7,17H,3,8-10H2,1-2H3. The molecule has 0 spiro atoms. The highest BCUT2D eigenvalue weighted by Gasteiger charge is 2.39. The van der Waals surface area contributed by atoms with E-state index in [1.165, 1.54) is 5.56 Å². The van der Waals surface area contributed by atoms with Crippen LogP contribution >= 0.6 is 0 Å². The maximum absolute atomic E-state index is 11.7. The van der Waals surface area contributed by atoms with E-state index in [0.29, 0.717) is 18.8 Å². The van der Waals surface area contributed by atoms with E-state index < -0.39 is 5.60 Å². The topological polar surface area (TPSA) is 49.8 Å². The third kappa shape index (κ3) is 3.01. The number of benzene rings is 1. The molecular formula is C14H19NO3. The molecule has 0 atom stereocenters. The van der Waals surface area contributed by atoms with Crippen LogP contribution in [-0.4, -0.2) is 41.2 Å². The lowest BCUT2D eigenvalue weighted by molar-refractivity contribution is -0.154. The summed E-state index contributed by atoms with van der Waals surface area (Å²) >= 11 is 0. The van der Waals surface area contributed by atoms with Gasteiger partial charge in [0.05, 0.1) is 18.7 Å². The normalized spacial score (nSPS) is 17.2. The molecule has 0 aliphatic carbocycles. The molecule has 1 fully saturated rings. The van der Waals surface area contributed by atoms with Crippen LogP contribution in [0.15, 0.2) is 24.3 Å². The van der Waals surface area contributed by atoms with Crippen molar-refractivity contribution in [1.82, 2.24) is 4.90 Å². The summed E-state index contributed by atoms with van der Waals surface area (Å²) in [5.74, 6) is 0.619. The number of carbonyl (C=O) groups excluding carboxylic acids is 1. The Morgan fingerprint density at radius 2 is 2.00 bits per heavy atom. The van der Waals surface area contributed by atoms with E-state index in [-0.39, 0.29) is 12.5 Å². The van der Waals surface area contributed by atoms with Crippen LogP contribution in [0.3, 0.4) is 0 Å². The van der Waals surface area contributed by atoms with Crippen LogP contribution in [-0.2, 0) is 11.2 Å². The third-order valence-electron chi connectivity index (χ3n) is 3.11. The van der Waals surface area contributed by atoms with Crippen molar-refractivity contribution in [3.63, 3.8) is 0 Å². The van der Waals surface area contributed by atoms with Crippen LogP contribution in [0.5, 0.6) is 5.75 Å². The second-order valence-corrected chi connectivity index (χ2v) is 5.03. The second kappa shape index (κ2) is 4.98. The molecule has 2 rings (SSSR count). The SMILES string of the molecule is CCc1ccc(OCC(=O)N2CC(C)(O)C2)cc1. The molecule has 0 radical (unpaired) electrons. The highest BCUT2D eigenvalue weighted by atomic mass is 16.5. The van der Waals surface area contributed by atoms with Gasteiger partial charge in [0.25, 0.3) is 5.91 Å². The van der Waals surface area contributed by atoms with Crippen LogP contribution in [0.4, 0.5) is 0 Å². The summed E-state index contributed by atoms with van der Waals surface area (Å²) in [6, 6.07) is 7.74. The molecule has 4 nitrogen and oxygen atoms in total. The second-order valence-electron chi connectivity index (χ2n) is 5.03. The number of aryl methyl sites for hydroxylation is 1. The number of hydrogen-bond donors (Lipinski definition) is 1. The third-order valence-corrected chi connectivity index (χ3v) is 3.11. The molecule has 4 heteroatoms. The lowest BCUT2D eigenvalue weighted by Crippen LogP contribution is -2.62. The minimum absolute atomic E-state index is 0.0293. The Labute approximate surface area is 107 Å². The van der Waals surface area contributed by atoms with Gasteiger partial charge in [0, 0.05) is 0 Å². The number of β-amino-alcohol motifs (C(OH)–C–C–N with tert-alkyl or cyclic N) is 1. The van der Waals surface area contributed by atoms with E-state index >= 15 is 0 Å². The van der Waals surface area contributed by atoms with Gasteiger partial charge in [-0.25, -0.2) is 0 Å². The molecule has 1 N–H and O–H groups in total. The molecular weight excluding hydrogens is 230 g/mol. The summed E-state index contributed by atoms with van der Waals surface area (Å²) in [5.41, 5.74) is 0.519. The van der Waals surface area contributed by atoms with Crippen LogP contribution in [0.2, 0.25) is 0 Å². The first-order valence-electron chi connectivity index (χ1n) is 6.22. The van der Waals surface area contributed by atoms with Crippen molar-refractivity contribution in [2.24, 2.45) is 0 Å². The number of likely N-dealkylation sites (tertiary alicyclic amines) is 1. The monoisotopic (exact) mass is 249 g/mol. The largest absolute Gasteiger partial charge is 0.484 e. The summed E-state index contributed by atoms with van der Waals surface area (Å²) in [5, 5.41) is 9.54. The fourth-order valence-electron chi connectivity index (χ4n) is 2.01.